The van der Waals surface area contributed by atoms with Crippen LogP contribution in [0.1, 0.15) is 30.1 Å². The van der Waals surface area contributed by atoms with Crippen LogP contribution < -0.4 is 20.7 Å². The number of rotatable bonds is 12. The minimum Gasteiger partial charge on any atom is -0.494 e. The molecule has 0 bridgehead atoms. The van der Waals surface area contributed by atoms with Crippen molar-refractivity contribution < 1.29 is 19.1 Å². The average molecular weight is 399 g/mol. The van der Waals surface area contributed by atoms with E-state index in [-0.39, 0.29) is 18.4 Å². The van der Waals surface area contributed by atoms with Gasteiger partial charge >= 0.3 is 0 Å². The molecule has 0 atom stereocenters. The molecule has 2 aromatic carbocycles. The van der Waals surface area contributed by atoms with Gasteiger partial charge < -0.3 is 25.4 Å². The normalized spacial score (nSPS) is 10.3. The van der Waals surface area contributed by atoms with E-state index in [1.54, 1.807) is 37.4 Å². The van der Waals surface area contributed by atoms with Gasteiger partial charge in [-0.3, -0.25) is 9.59 Å². The van der Waals surface area contributed by atoms with Crippen LogP contribution >= 0.6 is 0 Å². The van der Waals surface area contributed by atoms with Crippen LogP contribution in [0.4, 0.5) is 11.4 Å². The van der Waals surface area contributed by atoms with E-state index in [0.29, 0.717) is 31.0 Å². The lowest BCUT2D eigenvalue weighted by molar-refractivity contribution is -0.114. The Morgan fingerprint density at radius 2 is 1.79 bits per heavy atom. The summed E-state index contributed by atoms with van der Waals surface area (Å²) in [7, 11) is 1.63. The second-order valence-corrected chi connectivity index (χ2v) is 6.46. The Bertz CT molecular complexity index is 778. The molecule has 2 amide bonds. The van der Waals surface area contributed by atoms with Crippen molar-refractivity contribution in [3.8, 4) is 5.75 Å². The second-order valence-electron chi connectivity index (χ2n) is 6.46. The Hall–Kier alpha value is -3.06. The zero-order valence-corrected chi connectivity index (χ0v) is 17.0. The van der Waals surface area contributed by atoms with Crippen molar-refractivity contribution in [3.05, 3.63) is 54.1 Å². The van der Waals surface area contributed by atoms with Gasteiger partial charge in [0, 0.05) is 43.3 Å². The maximum absolute atomic E-state index is 12.2. The third-order valence-electron chi connectivity index (χ3n) is 4.00. The van der Waals surface area contributed by atoms with Crippen LogP contribution in [-0.4, -0.2) is 45.2 Å². The summed E-state index contributed by atoms with van der Waals surface area (Å²) >= 11 is 0. The lowest BCUT2D eigenvalue weighted by Gasteiger charge is -2.10. The SMILES string of the molecule is CCCOc1cccc(NC(=O)CNc2ccc(C(=O)NCCCOC)cc2)c1. The highest BCUT2D eigenvalue weighted by atomic mass is 16.5. The number of carbonyl (C=O) groups excluding carboxylic acids is 2. The minimum atomic E-state index is -0.169. The molecule has 0 radical (unpaired) electrons. The van der Waals surface area contributed by atoms with Gasteiger partial charge in [0.25, 0.3) is 5.91 Å². The minimum absolute atomic E-state index is 0.114. The van der Waals surface area contributed by atoms with Gasteiger partial charge in [-0.15, -0.1) is 0 Å². The topological polar surface area (TPSA) is 88.7 Å². The third-order valence-corrected chi connectivity index (χ3v) is 4.00. The molecule has 0 aliphatic rings. The van der Waals surface area contributed by atoms with Gasteiger partial charge in [0.1, 0.15) is 5.75 Å². The van der Waals surface area contributed by atoms with Gasteiger partial charge in [0.15, 0.2) is 0 Å². The number of hydrogen-bond donors (Lipinski definition) is 3. The van der Waals surface area contributed by atoms with E-state index < -0.39 is 0 Å². The number of anilines is 2. The molecule has 0 saturated carbocycles. The van der Waals surface area contributed by atoms with E-state index in [1.807, 2.05) is 25.1 Å². The summed E-state index contributed by atoms with van der Waals surface area (Å²) in [6.45, 7) is 3.97. The molecule has 0 fully saturated rings. The first-order valence-corrected chi connectivity index (χ1v) is 9.76. The molecule has 3 N–H and O–H groups in total. The van der Waals surface area contributed by atoms with Crippen molar-refractivity contribution in [1.82, 2.24) is 5.32 Å². The smallest absolute Gasteiger partial charge is 0.251 e. The highest BCUT2D eigenvalue weighted by molar-refractivity contribution is 5.95. The summed E-state index contributed by atoms with van der Waals surface area (Å²) in [4.78, 5) is 24.2. The highest BCUT2D eigenvalue weighted by Gasteiger charge is 2.06. The number of carbonyl (C=O) groups is 2. The van der Waals surface area contributed by atoms with Crippen LogP contribution in [0.5, 0.6) is 5.75 Å². The number of ether oxygens (including phenoxy) is 2. The molecule has 0 heterocycles. The van der Waals surface area contributed by atoms with E-state index in [4.69, 9.17) is 9.47 Å². The fourth-order valence-electron chi connectivity index (χ4n) is 2.53. The van der Waals surface area contributed by atoms with Crippen molar-refractivity contribution in [3.63, 3.8) is 0 Å². The molecular formula is C22H29N3O4. The van der Waals surface area contributed by atoms with Gasteiger partial charge in [-0.2, -0.15) is 0 Å². The number of amides is 2. The van der Waals surface area contributed by atoms with E-state index in [2.05, 4.69) is 16.0 Å². The molecule has 0 aromatic heterocycles. The molecule has 0 spiro atoms. The first-order chi connectivity index (χ1) is 14.1. The van der Waals surface area contributed by atoms with Crippen LogP contribution in [0.25, 0.3) is 0 Å². The van der Waals surface area contributed by atoms with E-state index in [1.165, 1.54) is 0 Å². The highest BCUT2D eigenvalue weighted by Crippen LogP contribution is 2.17. The van der Waals surface area contributed by atoms with Crippen molar-refractivity contribution in [2.24, 2.45) is 0 Å². The number of benzene rings is 2. The van der Waals surface area contributed by atoms with Crippen molar-refractivity contribution in [2.75, 3.05) is 44.0 Å². The van der Waals surface area contributed by atoms with Crippen molar-refractivity contribution >= 4 is 23.2 Å². The zero-order valence-electron chi connectivity index (χ0n) is 17.0. The first-order valence-electron chi connectivity index (χ1n) is 9.76. The monoisotopic (exact) mass is 399 g/mol. The number of methoxy groups -OCH3 is 1. The van der Waals surface area contributed by atoms with E-state index in [0.717, 1.165) is 24.3 Å². The largest absolute Gasteiger partial charge is 0.494 e. The Balaban J connectivity index is 1.78. The molecule has 2 rings (SSSR count). The van der Waals surface area contributed by atoms with Gasteiger partial charge in [-0.1, -0.05) is 13.0 Å². The molecular weight excluding hydrogens is 370 g/mol. The Morgan fingerprint density at radius 3 is 2.52 bits per heavy atom. The van der Waals surface area contributed by atoms with E-state index in [9.17, 15) is 9.59 Å². The van der Waals surface area contributed by atoms with Crippen molar-refractivity contribution in [1.29, 1.82) is 0 Å². The number of nitrogens with one attached hydrogen (secondary N) is 3. The van der Waals surface area contributed by atoms with Gasteiger partial charge in [0.2, 0.25) is 5.91 Å². The molecule has 0 saturated heterocycles. The predicted octanol–water partition coefficient (Wildman–Crippen LogP) is 3.29. The van der Waals surface area contributed by atoms with E-state index >= 15 is 0 Å². The molecule has 29 heavy (non-hydrogen) atoms. The Morgan fingerprint density at radius 1 is 1.00 bits per heavy atom. The lowest BCUT2D eigenvalue weighted by atomic mass is 10.2. The summed E-state index contributed by atoms with van der Waals surface area (Å²) in [5.41, 5.74) is 2.02. The Kier molecular flexibility index (Phi) is 9.51. The van der Waals surface area contributed by atoms with Gasteiger partial charge in [-0.25, -0.2) is 0 Å². The maximum Gasteiger partial charge on any atom is 0.251 e. The molecule has 7 heteroatoms. The molecule has 0 aliphatic heterocycles. The molecule has 0 unspecified atom stereocenters. The zero-order chi connectivity index (χ0) is 20.9. The fraction of sp³-hybridized carbons (Fsp3) is 0.364. The van der Waals surface area contributed by atoms with Crippen LogP contribution in [0.3, 0.4) is 0 Å². The number of hydrogen-bond acceptors (Lipinski definition) is 5. The second kappa shape index (κ2) is 12.4. The molecule has 7 nitrogen and oxygen atoms in total. The Labute approximate surface area is 171 Å². The van der Waals surface area contributed by atoms with Crippen LogP contribution in [0.15, 0.2) is 48.5 Å². The molecule has 0 aliphatic carbocycles. The standard InChI is InChI=1S/C22H29N3O4/c1-3-13-29-20-7-4-6-19(15-20)25-21(26)16-24-18-10-8-17(9-11-18)22(27)23-12-5-14-28-2/h4,6-11,15,24H,3,5,12-14,16H2,1-2H3,(H,23,27)(H,25,26). The average Bonchev–Trinajstić information content (AvgIpc) is 2.74. The van der Waals surface area contributed by atoms with Crippen molar-refractivity contribution in [2.45, 2.75) is 19.8 Å². The summed E-state index contributed by atoms with van der Waals surface area (Å²) in [6.07, 6.45) is 1.69. The maximum atomic E-state index is 12.2. The molecule has 156 valence electrons. The summed E-state index contributed by atoms with van der Waals surface area (Å²) in [6, 6.07) is 14.3. The van der Waals surface area contributed by atoms with Crippen LogP contribution in [-0.2, 0) is 9.53 Å². The summed E-state index contributed by atoms with van der Waals surface area (Å²) < 4.78 is 10.5. The first kappa shape index (κ1) is 22.2. The fourth-order valence-corrected chi connectivity index (χ4v) is 2.53. The quantitative estimate of drug-likeness (QED) is 0.477. The summed E-state index contributed by atoms with van der Waals surface area (Å²) in [5.74, 6) is 0.432. The predicted molar refractivity (Wildman–Crippen MR) is 115 cm³/mol. The lowest BCUT2D eigenvalue weighted by Crippen LogP contribution is -2.25. The van der Waals surface area contributed by atoms with Crippen LogP contribution in [0.2, 0.25) is 0 Å². The van der Waals surface area contributed by atoms with Gasteiger partial charge in [-0.05, 0) is 49.2 Å². The molecule has 2 aromatic rings. The summed E-state index contributed by atoms with van der Waals surface area (Å²) in [5, 5.41) is 8.72. The van der Waals surface area contributed by atoms with Crippen LogP contribution in [0, 0.1) is 0 Å². The van der Waals surface area contributed by atoms with Gasteiger partial charge in [0.05, 0.1) is 13.2 Å². The third kappa shape index (κ3) is 8.23.